The van der Waals surface area contributed by atoms with Gasteiger partial charge < -0.3 is 10.2 Å². The van der Waals surface area contributed by atoms with Crippen LogP contribution >= 0.6 is 11.3 Å². The zero-order valence-corrected chi connectivity index (χ0v) is 16.6. The lowest BCUT2D eigenvalue weighted by atomic mass is 10.0. The number of aromatic hydroxyl groups is 1. The number of halogens is 1. The summed E-state index contributed by atoms with van der Waals surface area (Å²) in [4.78, 5) is 10.1. The molecule has 1 aromatic carbocycles. The first-order chi connectivity index (χ1) is 13.6. The van der Waals surface area contributed by atoms with Gasteiger partial charge in [-0.25, -0.2) is 9.37 Å². The molecule has 0 bridgehead atoms. The summed E-state index contributed by atoms with van der Waals surface area (Å²) in [6, 6.07) is 6.30. The van der Waals surface area contributed by atoms with E-state index in [2.05, 4.69) is 19.9 Å². The fourth-order valence-corrected chi connectivity index (χ4v) is 4.83. The first kappa shape index (κ1) is 19.3. The Hall–Kier alpha value is -2.07. The van der Waals surface area contributed by atoms with Crippen LogP contribution in [-0.4, -0.2) is 73.9 Å². The fourth-order valence-electron chi connectivity index (χ4n) is 3.71. The number of aryl methyl sites for hydroxylation is 1. The standard InChI is InChI=1S/C19H24FN5O2S/c1-2-15-21-19-25(22-15)18(27)17(28-19)16(13-5-3-4-6-14(13)20)24-9-7-23(8-10-24)11-12-26/h3-6,16,26-27H,2,7-12H2,1H3/t16-/m1/s1. The summed E-state index contributed by atoms with van der Waals surface area (Å²) in [5.74, 6) is 0.407. The van der Waals surface area contributed by atoms with Crippen molar-refractivity contribution >= 4 is 16.3 Å². The van der Waals surface area contributed by atoms with E-state index in [1.54, 1.807) is 12.1 Å². The van der Waals surface area contributed by atoms with Gasteiger partial charge in [-0.1, -0.05) is 36.5 Å². The van der Waals surface area contributed by atoms with Crippen molar-refractivity contribution in [2.24, 2.45) is 0 Å². The van der Waals surface area contributed by atoms with Crippen LogP contribution in [0.25, 0.3) is 4.96 Å². The van der Waals surface area contributed by atoms with Crippen LogP contribution in [-0.2, 0) is 6.42 Å². The molecule has 1 aliphatic rings. The van der Waals surface area contributed by atoms with E-state index < -0.39 is 6.04 Å². The number of aliphatic hydroxyl groups is 1. The molecule has 9 heteroatoms. The molecule has 150 valence electrons. The van der Waals surface area contributed by atoms with E-state index in [0.717, 1.165) is 13.1 Å². The normalized spacial score (nSPS) is 17.4. The Kier molecular flexibility index (Phi) is 5.58. The topological polar surface area (TPSA) is 77.1 Å². The highest BCUT2D eigenvalue weighted by atomic mass is 32.1. The Bertz CT molecular complexity index is 951. The van der Waals surface area contributed by atoms with E-state index in [0.29, 0.717) is 47.3 Å². The van der Waals surface area contributed by atoms with Gasteiger partial charge in [0.15, 0.2) is 5.82 Å². The van der Waals surface area contributed by atoms with Crippen molar-refractivity contribution in [3.05, 3.63) is 46.3 Å². The van der Waals surface area contributed by atoms with Gasteiger partial charge in [0.05, 0.1) is 17.5 Å². The van der Waals surface area contributed by atoms with Gasteiger partial charge in [0.1, 0.15) is 5.82 Å². The van der Waals surface area contributed by atoms with Gasteiger partial charge in [-0.05, 0) is 6.07 Å². The van der Waals surface area contributed by atoms with E-state index in [-0.39, 0.29) is 18.3 Å². The van der Waals surface area contributed by atoms with Crippen LogP contribution in [0.4, 0.5) is 4.39 Å². The van der Waals surface area contributed by atoms with Crippen LogP contribution in [0.15, 0.2) is 24.3 Å². The maximum absolute atomic E-state index is 14.7. The highest BCUT2D eigenvalue weighted by molar-refractivity contribution is 7.17. The molecule has 7 nitrogen and oxygen atoms in total. The van der Waals surface area contributed by atoms with Gasteiger partial charge >= 0.3 is 0 Å². The van der Waals surface area contributed by atoms with Crippen LogP contribution in [0.5, 0.6) is 5.88 Å². The van der Waals surface area contributed by atoms with Gasteiger partial charge in [-0.3, -0.25) is 9.80 Å². The molecule has 0 unspecified atom stereocenters. The SMILES string of the molecule is CCc1nc2sc([C@@H](c3ccccc3F)N3CCN(CCO)CC3)c(O)n2n1. The highest BCUT2D eigenvalue weighted by Crippen LogP contribution is 2.40. The van der Waals surface area contributed by atoms with Gasteiger partial charge in [-0.15, -0.1) is 5.10 Å². The van der Waals surface area contributed by atoms with Crippen LogP contribution in [0.3, 0.4) is 0 Å². The molecule has 4 rings (SSSR count). The second-order valence-electron chi connectivity index (χ2n) is 6.89. The third-order valence-corrected chi connectivity index (χ3v) is 6.27. The number of hydrogen-bond acceptors (Lipinski definition) is 7. The summed E-state index contributed by atoms with van der Waals surface area (Å²) in [5, 5.41) is 24.4. The largest absolute Gasteiger partial charge is 0.492 e. The molecule has 3 heterocycles. The first-order valence-corrected chi connectivity index (χ1v) is 10.3. The van der Waals surface area contributed by atoms with Crippen LogP contribution < -0.4 is 0 Å². The Balaban J connectivity index is 1.73. The lowest BCUT2D eigenvalue weighted by Gasteiger charge is -2.39. The zero-order valence-electron chi connectivity index (χ0n) is 15.8. The predicted octanol–water partition coefficient (Wildman–Crippen LogP) is 1.90. The van der Waals surface area contributed by atoms with Crippen LogP contribution in [0.1, 0.15) is 29.2 Å². The number of thiazole rings is 1. The maximum Gasteiger partial charge on any atom is 0.230 e. The minimum atomic E-state index is -0.406. The number of fused-ring (bicyclic) bond motifs is 1. The molecule has 1 saturated heterocycles. The van der Waals surface area contributed by atoms with Crippen molar-refractivity contribution in [1.29, 1.82) is 0 Å². The third kappa shape index (κ3) is 3.50. The Morgan fingerprint density at radius 3 is 2.61 bits per heavy atom. The van der Waals surface area contributed by atoms with E-state index in [1.807, 2.05) is 13.0 Å². The van der Waals surface area contributed by atoms with E-state index in [1.165, 1.54) is 21.9 Å². The predicted molar refractivity (Wildman–Crippen MR) is 105 cm³/mol. The molecule has 1 fully saturated rings. The monoisotopic (exact) mass is 405 g/mol. The summed E-state index contributed by atoms with van der Waals surface area (Å²) in [5.41, 5.74) is 0.536. The molecule has 1 aliphatic heterocycles. The first-order valence-electron chi connectivity index (χ1n) is 9.51. The number of benzene rings is 1. The molecular weight excluding hydrogens is 381 g/mol. The van der Waals surface area contributed by atoms with Gasteiger partial charge in [-0.2, -0.15) is 4.52 Å². The lowest BCUT2D eigenvalue weighted by molar-refractivity contribution is 0.0936. The summed E-state index contributed by atoms with van der Waals surface area (Å²) in [6.07, 6.45) is 0.687. The number of hydrogen-bond donors (Lipinski definition) is 2. The van der Waals surface area contributed by atoms with E-state index in [9.17, 15) is 9.50 Å². The molecule has 0 aliphatic carbocycles. The smallest absolute Gasteiger partial charge is 0.230 e. The maximum atomic E-state index is 14.7. The Labute approximate surface area is 166 Å². The molecule has 28 heavy (non-hydrogen) atoms. The van der Waals surface area contributed by atoms with E-state index in [4.69, 9.17) is 5.11 Å². The van der Waals surface area contributed by atoms with Gasteiger partial charge in [0.2, 0.25) is 10.8 Å². The summed E-state index contributed by atoms with van der Waals surface area (Å²) >= 11 is 1.35. The van der Waals surface area contributed by atoms with E-state index >= 15 is 0 Å². The number of aliphatic hydroxyl groups excluding tert-OH is 1. The van der Waals surface area contributed by atoms with Crippen molar-refractivity contribution in [3.8, 4) is 5.88 Å². The second-order valence-corrected chi connectivity index (χ2v) is 7.90. The summed E-state index contributed by atoms with van der Waals surface area (Å²) in [6.45, 7) is 5.73. The van der Waals surface area contributed by atoms with Crippen molar-refractivity contribution in [3.63, 3.8) is 0 Å². The molecule has 2 aromatic heterocycles. The average Bonchev–Trinajstić information content (AvgIpc) is 3.24. The number of nitrogens with zero attached hydrogens (tertiary/aromatic N) is 5. The van der Waals surface area contributed by atoms with Crippen molar-refractivity contribution < 1.29 is 14.6 Å². The van der Waals surface area contributed by atoms with Crippen molar-refractivity contribution in [1.82, 2.24) is 24.4 Å². The van der Waals surface area contributed by atoms with Gasteiger partial charge in [0.25, 0.3) is 0 Å². The number of β-amino-alcohol motifs (C(OH)–C–C–N with tert-alkyl or cyclic N) is 1. The van der Waals surface area contributed by atoms with Crippen LogP contribution in [0.2, 0.25) is 0 Å². The molecule has 0 spiro atoms. The molecule has 2 N–H and O–H groups in total. The molecule has 0 saturated carbocycles. The molecule has 0 radical (unpaired) electrons. The lowest BCUT2D eigenvalue weighted by Crippen LogP contribution is -2.48. The number of aromatic nitrogens is 3. The quantitative estimate of drug-likeness (QED) is 0.652. The fraction of sp³-hybridized carbons (Fsp3) is 0.474. The zero-order chi connectivity index (χ0) is 19.7. The average molecular weight is 405 g/mol. The molecular formula is C19H24FN5O2S. The number of rotatable bonds is 6. The Morgan fingerprint density at radius 2 is 1.96 bits per heavy atom. The second kappa shape index (κ2) is 8.12. The third-order valence-electron chi connectivity index (χ3n) is 5.20. The van der Waals surface area contributed by atoms with Crippen molar-refractivity contribution in [2.75, 3.05) is 39.3 Å². The van der Waals surface area contributed by atoms with Crippen molar-refractivity contribution in [2.45, 2.75) is 19.4 Å². The molecule has 0 amide bonds. The number of piperazine rings is 1. The van der Waals surface area contributed by atoms with Crippen LogP contribution in [0, 0.1) is 5.82 Å². The highest BCUT2D eigenvalue weighted by Gasteiger charge is 2.33. The van der Waals surface area contributed by atoms with Gasteiger partial charge in [0, 0.05) is 44.7 Å². The molecule has 3 aromatic rings. The molecule has 1 atom stereocenters. The minimum absolute atomic E-state index is 0.0261. The Morgan fingerprint density at radius 1 is 1.21 bits per heavy atom. The minimum Gasteiger partial charge on any atom is -0.492 e. The summed E-state index contributed by atoms with van der Waals surface area (Å²) in [7, 11) is 0. The summed E-state index contributed by atoms with van der Waals surface area (Å²) < 4.78 is 16.2.